The van der Waals surface area contributed by atoms with Gasteiger partial charge in [-0.2, -0.15) is 0 Å². The summed E-state index contributed by atoms with van der Waals surface area (Å²) >= 11 is 0. The fraction of sp³-hybridized carbons (Fsp3) is 0.375. The minimum Gasteiger partial charge on any atom is -0.348 e. The molecule has 0 spiro atoms. The van der Waals surface area contributed by atoms with Crippen LogP contribution in [0.1, 0.15) is 23.7 Å². The molecule has 0 radical (unpaired) electrons. The highest BCUT2D eigenvalue weighted by molar-refractivity contribution is 6.06. The molecule has 3 rings (SSSR count). The van der Waals surface area contributed by atoms with Crippen molar-refractivity contribution in [3.63, 3.8) is 0 Å². The predicted octanol–water partition coefficient (Wildman–Crippen LogP) is 1.40. The topological polar surface area (TPSA) is 74.0 Å². The Morgan fingerprint density at radius 2 is 2.18 bits per heavy atom. The summed E-state index contributed by atoms with van der Waals surface area (Å²) in [5.41, 5.74) is 0.182. The normalized spacial score (nSPS) is 21.7. The van der Waals surface area contributed by atoms with Gasteiger partial charge in [0.05, 0.1) is 11.1 Å². The fourth-order valence-electron chi connectivity index (χ4n) is 2.85. The summed E-state index contributed by atoms with van der Waals surface area (Å²) in [7, 11) is 0. The van der Waals surface area contributed by atoms with Crippen molar-refractivity contribution in [2.24, 2.45) is 5.92 Å². The molecule has 1 amide bonds. The molecular weight excluding hydrogens is 285 g/mol. The van der Waals surface area contributed by atoms with Crippen LogP contribution in [0.15, 0.2) is 29.1 Å². The van der Waals surface area contributed by atoms with E-state index in [4.69, 9.17) is 0 Å². The average molecular weight is 303 g/mol. The van der Waals surface area contributed by atoms with E-state index in [1.54, 1.807) is 0 Å². The zero-order valence-corrected chi connectivity index (χ0v) is 12.3. The van der Waals surface area contributed by atoms with Gasteiger partial charge in [0.25, 0.3) is 5.91 Å². The Bertz CT molecular complexity index is 772. The number of nitrogens with one attached hydrogen (secondary N) is 3. The molecule has 0 saturated carbocycles. The van der Waals surface area contributed by atoms with Gasteiger partial charge in [-0.3, -0.25) is 9.59 Å². The first kappa shape index (κ1) is 14.7. The Morgan fingerprint density at radius 1 is 1.36 bits per heavy atom. The van der Waals surface area contributed by atoms with E-state index in [1.165, 1.54) is 24.3 Å². The fourth-order valence-corrected chi connectivity index (χ4v) is 2.85. The van der Waals surface area contributed by atoms with Gasteiger partial charge in [0, 0.05) is 24.0 Å². The Kier molecular flexibility index (Phi) is 3.94. The van der Waals surface area contributed by atoms with E-state index in [0.717, 1.165) is 13.0 Å². The molecule has 2 unspecified atom stereocenters. The summed E-state index contributed by atoms with van der Waals surface area (Å²) in [6.45, 7) is 3.75. The third-order valence-corrected chi connectivity index (χ3v) is 4.19. The zero-order valence-electron chi connectivity index (χ0n) is 12.3. The number of aromatic nitrogens is 1. The molecule has 2 heterocycles. The third-order valence-electron chi connectivity index (χ3n) is 4.19. The SMILES string of the molecule is CC1CCNCC1NC(=O)c1cc(=O)[nH]c2cc(F)ccc12. The summed E-state index contributed by atoms with van der Waals surface area (Å²) in [4.78, 5) is 26.8. The molecule has 5 nitrogen and oxygen atoms in total. The van der Waals surface area contributed by atoms with Crippen LogP contribution < -0.4 is 16.2 Å². The molecule has 2 aromatic rings. The van der Waals surface area contributed by atoms with Crippen LogP contribution in [0.3, 0.4) is 0 Å². The molecule has 116 valence electrons. The molecule has 2 atom stereocenters. The highest BCUT2D eigenvalue weighted by Crippen LogP contribution is 2.18. The third kappa shape index (κ3) is 2.87. The standard InChI is InChI=1S/C16H18FN3O2/c1-9-4-5-18-8-14(9)20-16(22)12-7-15(21)19-13-6-10(17)2-3-11(12)13/h2-3,6-7,9,14,18H,4-5,8H2,1H3,(H,19,21)(H,20,22). The van der Waals surface area contributed by atoms with Gasteiger partial charge in [-0.1, -0.05) is 6.92 Å². The molecule has 1 fully saturated rings. The van der Waals surface area contributed by atoms with E-state index < -0.39 is 11.4 Å². The summed E-state index contributed by atoms with van der Waals surface area (Å²) in [6, 6.07) is 5.30. The zero-order chi connectivity index (χ0) is 15.7. The van der Waals surface area contributed by atoms with Crippen LogP contribution >= 0.6 is 0 Å². The van der Waals surface area contributed by atoms with Gasteiger partial charge in [0.2, 0.25) is 5.56 Å². The first-order valence-electron chi connectivity index (χ1n) is 7.39. The van der Waals surface area contributed by atoms with Gasteiger partial charge < -0.3 is 15.6 Å². The molecule has 0 aliphatic carbocycles. The lowest BCUT2D eigenvalue weighted by atomic mass is 9.94. The number of halogens is 1. The second-order valence-electron chi connectivity index (χ2n) is 5.79. The largest absolute Gasteiger partial charge is 0.348 e. The Balaban J connectivity index is 1.95. The van der Waals surface area contributed by atoms with E-state index in [1.807, 2.05) is 0 Å². The van der Waals surface area contributed by atoms with E-state index in [9.17, 15) is 14.0 Å². The Morgan fingerprint density at radius 3 is 2.95 bits per heavy atom. The number of pyridine rings is 1. The number of amides is 1. The van der Waals surface area contributed by atoms with Gasteiger partial charge in [0.15, 0.2) is 0 Å². The van der Waals surface area contributed by atoms with Crippen molar-refractivity contribution in [3.05, 3.63) is 46.0 Å². The monoisotopic (exact) mass is 303 g/mol. The van der Waals surface area contributed by atoms with Crippen LogP contribution in [0.4, 0.5) is 4.39 Å². The molecule has 1 saturated heterocycles. The number of aromatic amines is 1. The molecule has 3 N–H and O–H groups in total. The van der Waals surface area contributed by atoms with Crippen molar-refractivity contribution in [2.45, 2.75) is 19.4 Å². The first-order valence-corrected chi connectivity index (χ1v) is 7.39. The summed E-state index contributed by atoms with van der Waals surface area (Å²) < 4.78 is 13.3. The van der Waals surface area contributed by atoms with Crippen LogP contribution in [0, 0.1) is 11.7 Å². The number of hydrogen-bond donors (Lipinski definition) is 3. The molecule has 22 heavy (non-hydrogen) atoms. The lowest BCUT2D eigenvalue weighted by Crippen LogP contribution is -2.50. The highest BCUT2D eigenvalue weighted by atomic mass is 19.1. The number of piperidine rings is 1. The van der Waals surface area contributed by atoms with E-state index >= 15 is 0 Å². The molecule has 0 bridgehead atoms. The van der Waals surface area contributed by atoms with Gasteiger partial charge in [0.1, 0.15) is 5.82 Å². The second-order valence-corrected chi connectivity index (χ2v) is 5.79. The van der Waals surface area contributed by atoms with Crippen LogP contribution in [-0.4, -0.2) is 30.0 Å². The summed E-state index contributed by atoms with van der Waals surface area (Å²) in [5, 5.41) is 6.75. The number of carbonyl (C=O) groups is 1. The number of rotatable bonds is 2. The quantitative estimate of drug-likeness (QED) is 0.785. The number of hydrogen-bond acceptors (Lipinski definition) is 3. The lowest BCUT2D eigenvalue weighted by molar-refractivity contribution is 0.0916. The van der Waals surface area contributed by atoms with Gasteiger partial charge in [-0.05, 0) is 37.1 Å². The molecule has 1 aliphatic rings. The minimum atomic E-state index is -0.453. The van der Waals surface area contributed by atoms with Crippen molar-refractivity contribution in [3.8, 4) is 0 Å². The Labute approximate surface area is 126 Å². The maximum Gasteiger partial charge on any atom is 0.252 e. The van der Waals surface area contributed by atoms with Gasteiger partial charge in [-0.15, -0.1) is 0 Å². The molecule has 6 heteroatoms. The van der Waals surface area contributed by atoms with Crippen molar-refractivity contribution < 1.29 is 9.18 Å². The summed E-state index contributed by atoms with van der Waals surface area (Å²) in [5.74, 6) is -0.384. The number of fused-ring (bicyclic) bond motifs is 1. The highest BCUT2D eigenvalue weighted by Gasteiger charge is 2.24. The predicted molar refractivity (Wildman–Crippen MR) is 82.4 cm³/mol. The molecule has 1 aromatic heterocycles. The van der Waals surface area contributed by atoms with Crippen LogP contribution in [0.25, 0.3) is 10.9 Å². The second kappa shape index (κ2) is 5.88. The maximum absolute atomic E-state index is 13.3. The van der Waals surface area contributed by atoms with E-state index in [0.29, 0.717) is 23.4 Å². The van der Waals surface area contributed by atoms with Gasteiger partial charge in [-0.25, -0.2) is 4.39 Å². The number of carbonyl (C=O) groups excluding carboxylic acids is 1. The Hall–Kier alpha value is -2.21. The minimum absolute atomic E-state index is 0.0241. The smallest absolute Gasteiger partial charge is 0.252 e. The lowest BCUT2D eigenvalue weighted by Gasteiger charge is -2.30. The van der Waals surface area contributed by atoms with Crippen LogP contribution in [-0.2, 0) is 0 Å². The maximum atomic E-state index is 13.3. The van der Waals surface area contributed by atoms with Crippen LogP contribution in [0.5, 0.6) is 0 Å². The molecule has 1 aliphatic heterocycles. The van der Waals surface area contributed by atoms with Crippen molar-refractivity contribution in [1.29, 1.82) is 0 Å². The van der Waals surface area contributed by atoms with E-state index in [-0.39, 0.29) is 17.5 Å². The first-order chi connectivity index (χ1) is 10.5. The summed E-state index contributed by atoms with van der Waals surface area (Å²) in [6.07, 6.45) is 0.992. The van der Waals surface area contributed by atoms with Crippen molar-refractivity contribution in [1.82, 2.24) is 15.6 Å². The average Bonchev–Trinajstić information content (AvgIpc) is 2.48. The van der Waals surface area contributed by atoms with Crippen molar-refractivity contribution >= 4 is 16.8 Å². The number of benzene rings is 1. The van der Waals surface area contributed by atoms with Gasteiger partial charge >= 0.3 is 0 Å². The molecular formula is C16H18FN3O2. The molecule has 1 aromatic carbocycles. The number of H-pyrrole nitrogens is 1. The van der Waals surface area contributed by atoms with E-state index in [2.05, 4.69) is 22.5 Å². The van der Waals surface area contributed by atoms with Crippen LogP contribution in [0.2, 0.25) is 0 Å². The van der Waals surface area contributed by atoms with Crippen molar-refractivity contribution in [2.75, 3.05) is 13.1 Å².